The number of imidazole rings is 1. The number of aromatic nitrogens is 2. The van der Waals surface area contributed by atoms with E-state index in [1.54, 1.807) is 7.11 Å². The molecule has 0 radical (unpaired) electrons. The van der Waals surface area contributed by atoms with Crippen LogP contribution in [0.4, 0.5) is 0 Å². The molecule has 0 saturated carbocycles. The van der Waals surface area contributed by atoms with Gasteiger partial charge in [-0.05, 0) is 45.4 Å². The van der Waals surface area contributed by atoms with Crippen molar-refractivity contribution in [2.75, 3.05) is 33.4 Å². The zero-order chi connectivity index (χ0) is 17.6. The summed E-state index contributed by atoms with van der Waals surface area (Å²) in [5, 5.41) is 0. The fraction of sp³-hybridized carbons (Fsp3) is 0.550. The maximum atomic E-state index is 5.93. The number of likely N-dealkylation sites (tertiary alicyclic amines) is 1. The molecule has 1 aromatic carbocycles. The number of rotatable bonds is 7. The van der Waals surface area contributed by atoms with E-state index in [9.17, 15) is 0 Å². The van der Waals surface area contributed by atoms with Crippen molar-refractivity contribution in [3.05, 3.63) is 42.5 Å². The van der Waals surface area contributed by atoms with Crippen LogP contribution in [-0.2, 0) is 0 Å². The minimum atomic E-state index is 0.460. The fourth-order valence-electron chi connectivity index (χ4n) is 3.57. The molecule has 0 amide bonds. The fourth-order valence-corrected chi connectivity index (χ4v) is 3.57. The summed E-state index contributed by atoms with van der Waals surface area (Å²) in [6.45, 7) is 8.22. The Labute approximate surface area is 150 Å². The Hall–Kier alpha value is -2.01. The summed E-state index contributed by atoms with van der Waals surface area (Å²) in [7, 11) is 1.67. The minimum absolute atomic E-state index is 0.460. The lowest BCUT2D eigenvalue weighted by Gasteiger charge is -2.33. The summed E-state index contributed by atoms with van der Waals surface area (Å²) in [6, 6.07) is 8.27. The maximum absolute atomic E-state index is 5.93. The molecule has 2 heterocycles. The molecule has 1 aliphatic rings. The third-order valence-electron chi connectivity index (χ3n) is 4.86. The molecule has 1 aliphatic heterocycles. The normalized spacial score (nSPS) is 18.5. The van der Waals surface area contributed by atoms with E-state index in [-0.39, 0.29) is 0 Å². The van der Waals surface area contributed by atoms with Gasteiger partial charge >= 0.3 is 0 Å². The highest BCUT2D eigenvalue weighted by Gasteiger charge is 2.25. The Morgan fingerprint density at radius 3 is 2.80 bits per heavy atom. The molecule has 136 valence electrons. The molecule has 0 N–H and O–H groups in total. The van der Waals surface area contributed by atoms with Crippen LogP contribution >= 0.6 is 0 Å². The van der Waals surface area contributed by atoms with Crippen molar-refractivity contribution in [2.45, 2.75) is 38.6 Å². The van der Waals surface area contributed by atoms with Crippen LogP contribution in [-0.4, -0.2) is 47.8 Å². The monoisotopic (exact) mass is 343 g/mol. The van der Waals surface area contributed by atoms with Gasteiger partial charge in [-0.25, -0.2) is 4.98 Å². The van der Waals surface area contributed by atoms with Crippen molar-refractivity contribution in [1.82, 2.24) is 14.5 Å². The van der Waals surface area contributed by atoms with E-state index in [0.717, 1.165) is 31.1 Å². The second-order valence-electron chi connectivity index (χ2n) is 6.93. The number of ether oxygens (including phenoxy) is 2. The average molecular weight is 343 g/mol. The van der Waals surface area contributed by atoms with Crippen LogP contribution in [0.25, 0.3) is 0 Å². The molecule has 25 heavy (non-hydrogen) atoms. The largest absolute Gasteiger partial charge is 0.493 e. The lowest BCUT2D eigenvalue weighted by Crippen LogP contribution is -2.38. The van der Waals surface area contributed by atoms with E-state index in [1.165, 1.54) is 18.7 Å². The number of hydrogen-bond donors (Lipinski definition) is 0. The molecule has 1 fully saturated rings. The first kappa shape index (κ1) is 17.8. The van der Waals surface area contributed by atoms with Crippen molar-refractivity contribution in [1.29, 1.82) is 0 Å². The van der Waals surface area contributed by atoms with Gasteiger partial charge in [0.1, 0.15) is 12.4 Å². The van der Waals surface area contributed by atoms with E-state index >= 15 is 0 Å². The third kappa shape index (κ3) is 4.34. The summed E-state index contributed by atoms with van der Waals surface area (Å²) >= 11 is 0. The molecule has 1 unspecified atom stereocenters. The van der Waals surface area contributed by atoms with Crippen molar-refractivity contribution in [3.8, 4) is 11.5 Å². The highest BCUT2D eigenvalue weighted by Crippen LogP contribution is 2.28. The molecule has 1 atom stereocenters. The van der Waals surface area contributed by atoms with Crippen LogP contribution < -0.4 is 9.47 Å². The van der Waals surface area contributed by atoms with Gasteiger partial charge in [0.05, 0.1) is 7.11 Å². The predicted octanol–water partition coefficient (Wildman–Crippen LogP) is 3.73. The Morgan fingerprint density at radius 1 is 1.24 bits per heavy atom. The first-order valence-electron chi connectivity index (χ1n) is 9.20. The highest BCUT2D eigenvalue weighted by atomic mass is 16.5. The zero-order valence-corrected chi connectivity index (χ0v) is 15.5. The minimum Gasteiger partial charge on any atom is -0.493 e. The summed E-state index contributed by atoms with van der Waals surface area (Å²) in [5.74, 6) is 3.34. The van der Waals surface area contributed by atoms with Crippen LogP contribution in [0.1, 0.15) is 44.5 Å². The van der Waals surface area contributed by atoms with Crippen LogP contribution in [0.5, 0.6) is 11.5 Å². The first-order chi connectivity index (χ1) is 12.2. The average Bonchev–Trinajstić information content (AvgIpc) is 3.12. The SMILES string of the molecule is COc1ccccc1OCCN1CCCC(c2nccn2C(C)C)C1. The van der Waals surface area contributed by atoms with Gasteiger partial charge in [0.15, 0.2) is 11.5 Å². The molecular weight excluding hydrogens is 314 g/mol. The van der Waals surface area contributed by atoms with E-state index in [4.69, 9.17) is 9.47 Å². The topological polar surface area (TPSA) is 39.5 Å². The number of nitrogens with zero attached hydrogens (tertiary/aromatic N) is 3. The lowest BCUT2D eigenvalue weighted by molar-refractivity contribution is 0.164. The Kier molecular flexibility index (Phi) is 5.97. The van der Waals surface area contributed by atoms with E-state index in [0.29, 0.717) is 18.6 Å². The van der Waals surface area contributed by atoms with Crippen LogP contribution in [0.2, 0.25) is 0 Å². The van der Waals surface area contributed by atoms with Gasteiger partial charge in [-0.2, -0.15) is 0 Å². The predicted molar refractivity (Wildman–Crippen MR) is 99.5 cm³/mol. The number of methoxy groups -OCH3 is 1. The molecule has 0 aliphatic carbocycles. The van der Waals surface area contributed by atoms with Crippen molar-refractivity contribution >= 4 is 0 Å². The molecule has 3 rings (SSSR count). The van der Waals surface area contributed by atoms with Crippen LogP contribution in [0.3, 0.4) is 0 Å². The van der Waals surface area contributed by atoms with Gasteiger partial charge in [-0.15, -0.1) is 0 Å². The third-order valence-corrected chi connectivity index (χ3v) is 4.86. The van der Waals surface area contributed by atoms with Gasteiger partial charge in [0.2, 0.25) is 0 Å². The molecule has 1 aromatic heterocycles. The maximum Gasteiger partial charge on any atom is 0.161 e. The first-order valence-corrected chi connectivity index (χ1v) is 9.20. The van der Waals surface area contributed by atoms with E-state index in [2.05, 4.69) is 34.5 Å². The molecule has 0 bridgehead atoms. The smallest absolute Gasteiger partial charge is 0.161 e. The van der Waals surface area contributed by atoms with Gasteiger partial charge in [-0.1, -0.05) is 12.1 Å². The van der Waals surface area contributed by atoms with Crippen molar-refractivity contribution < 1.29 is 9.47 Å². The summed E-state index contributed by atoms with van der Waals surface area (Å²) in [4.78, 5) is 7.12. The standard InChI is InChI=1S/C20H29N3O2/c1-16(2)23-12-10-21-20(23)17-7-6-11-22(15-17)13-14-25-19-9-5-4-8-18(19)24-3/h4-5,8-10,12,16-17H,6-7,11,13-15H2,1-3H3. The van der Waals surface area contributed by atoms with Gasteiger partial charge < -0.3 is 14.0 Å². The van der Waals surface area contributed by atoms with Crippen LogP contribution in [0.15, 0.2) is 36.7 Å². The van der Waals surface area contributed by atoms with Crippen LogP contribution in [0, 0.1) is 0 Å². The number of para-hydroxylation sites is 2. The zero-order valence-electron chi connectivity index (χ0n) is 15.5. The number of hydrogen-bond acceptors (Lipinski definition) is 4. The molecule has 1 saturated heterocycles. The van der Waals surface area contributed by atoms with Gasteiger partial charge in [-0.3, -0.25) is 4.90 Å². The summed E-state index contributed by atoms with van der Waals surface area (Å²) < 4.78 is 13.6. The Balaban J connectivity index is 1.54. The lowest BCUT2D eigenvalue weighted by atomic mass is 9.97. The Bertz CT molecular complexity index is 668. The van der Waals surface area contributed by atoms with E-state index < -0.39 is 0 Å². The van der Waals surface area contributed by atoms with Crippen molar-refractivity contribution in [2.24, 2.45) is 0 Å². The number of piperidine rings is 1. The number of benzene rings is 1. The Morgan fingerprint density at radius 2 is 2.04 bits per heavy atom. The summed E-state index contributed by atoms with van der Waals surface area (Å²) in [6.07, 6.45) is 6.46. The molecule has 5 nitrogen and oxygen atoms in total. The highest BCUT2D eigenvalue weighted by molar-refractivity contribution is 5.39. The molecule has 2 aromatic rings. The molecular formula is C20H29N3O2. The van der Waals surface area contributed by atoms with Gasteiger partial charge in [0.25, 0.3) is 0 Å². The second kappa shape index (κ2) is 8.39. The van der Waals surface area contributed by atoms with Crippen molar-refractivity contribution in [3.63, 3.8) is 0 Å². The molecule has 0 spiro atoms. The van der Waals surface area contributed by atoms with E-state index in [1.807, 2.05) is 30.5 Å². The van der Waals surface area contributed by atoms with Gasteiger partial charge in [0, 0.05) is 37.4 Å². The summed E-state index contributed by atoms with van der Waals surface area (Å²) in [5.41, 5.74) is 0. The molecule has 5 heteroatoms. The second-order valence-corrected chi connectivity index (χ2v) is 6.93. The quantitative estimate of drug-likeness (QED) is 0.768.